The zero-order chi connectivity index (χ0) is 23.1. The van der Waals surface area contributed by atoms with Crippen molar-refractivity contribution in [2.45, 2.75) is 37.5 Å². The number of carbonyl (C=O) groups excluding carboxylic acids is 1. The summed E-state index contributed by atoms with van der Waals surface area (Å²) in [5.41, 5.74) is 1.65. The number of nitrogens with one attached hydrogen (secondary N) is 2. The number of hydrogen-bond donors (Lipinski definition) is 2. The number of halogens is 1. The summed E-state index contributed by atoms with van der Waals surface area (Å²) in [6.07, 6.45) is 3.89. The van der Waals surface area contributed by atoms with E-state index in [4.69, 9.17) is 17.0 Å². The van der Waals surface area contributed by atoms with Crippen LogP contribution in [0.1, 0.15) is 31.2 Å². The monoisotopic (exact) mass is 539 g/mol. The van der Waals surface area contributed by atoms with Gasteiger partial charge in [-0.15, -0.1) is 0 Å². The van der Waals surface area contributed by atoms with E-state index in [-0.39, 0.29) is 16.6 Å². The quantitative estimate of drug-likeness (QED) is 0.534. The van der Waals surface area contributed by atoms with Crippen LogP contribution in [0, 0.1) is 6.92 Å². The van der Waals surface area contributed by atoms with E-state index in [1.165, 1.54) is 0 Å². The molecule has 1 aliphatic heterocycles. The fraction of sp³-hybridized carbons (Fsp3) is 0.364. The van der Waals surface area contributed by atoms with Crippen LogP contribution in [0.3, 0.4) is 0 Å². The lowest BCUT2D eigenvalue weighted by atomic mass is 10.2. The van der Waals surface area contributed by atoms with Crippen molar-refractivity contribution in [3.05, 3.63) is 52.5 Å². The number of amides is 1. The molecule has 0 bridgehead atoms. The number of aryl methyl sites for hydroxylation is 1. The predicted molar refractivity (Wildman–Crippen MR) is 132 cm³/mol. The van der Waals surface area contributed by atoms with Gasteiger partial charge in [0.25, 0.3) is 5.91 Å². The van der Waals surface area contributed by atoms with Gasteiger partial charge in [-0.2, -0.15) is 4.31 Å². The lowest BCUT2D eigenvalue weighted by Gasteiger charge is -2.20. The van der Waals surface area contributed by atoms with Crippen LogP contribution in [0.2, 0.25) is 0 Å². The van der Waals surface area contributed by atoms with Crippen LogP contribution in [-0.2, 0) is 14.8 Å². The molecule has 0 radical (unpaired) electrons. The Balaban J connectivity index is 1.52. The SMILES string of the molecule is Cc1ccc(OCC(=O)NC(=S)Nc2ccc(S(=O)(=O)N3CCCCCC3)cc2)c(Br)c1. The van der Waals surface area contributed by atoms with Crippen molar-refractivity contribution in [3.8, 4) is 5.75 Å². The number of sulfonamides is 1. The number of rotatable bonds is 6. The molecule has 2 N–H and O–H groups in total. The van der Waals surface area contributed by atoms with Crippen LogP contribution in [-0.4, -0.2) is 43.4 Å². The number of carbonyl (C=O) groups is 1. The largest absolute Gasteiger partial charge is 0.483 e. The van der Waals surface area contributed by atoms with E-state index >= 15 is 0 Å². The van der Waals surface area contributed by atoms with E-state index in [0.29, 0.717) is 24.5 Å². The van der Waals surface area contributed by atoms with Gasteiger partial charge in [-0.1, -0.05) is 18.9 Å². The van der Waals surface area contributed by atoms with Gasteiger partial charge in [-0.05, 0) is 89.9 Å². The van der Waals surface area contributed by atoms with Crippen LogP contribution in [0.15, 0.2) is 51.8 Å². The second-order valence-corrected chi connectivity index (χ2v) is 10.8. The molecular weight excluding hydrogens is 514 g/mol. The van der Waals surface area contributed by atoms with Gasteiger partial charge in [0.2, 0.25) is 10.0 Å². The molecule has 1 aliphatic rings. The lowest BCUT2D eigenvalue weighted by Crippen LogP contribution is -2.37. The normalized spacial score (nSPS) is 14.9. The van der Waals surface area contributed by atoms with E-state index in [9.17, 15) is 13.2 Å². The van der Waals surface area contributed by atoms with Gasteiger partial charge >= 0.3 is 0 Å². The third kappa shape index (κ3) is 6.74. The highest BCUT2D eigenvalue weighted by Crippen LogP contribution is 2.25. The van der Waals surface area contributed by atoms with Gasteiger partial charge < -0.3 is 10.1 Å². The van der Waals surface area contributed by atoms with Crippen molar-refractivity contribution >= 4 is 54.9 Å². The summed E-state index contributed by atoms with van der Waals surface area (Å²) in [6, 6.07) is 11.9. The van der Waals surface area contributed by atoms with Gasteiger partial charge in [0, 0.05) is 18.8 Å². The topological polar surface area (TPSA) is 87.7 Å². The third-order valence-corrected chi connectivity index (χ3v) is 7.75. The third-order valence-electron chi connectivity index (χ3n) is 5.01. The molecule has 172 valence electrons. The molecule has 0 atom stereocenters. The van der Waals surface area contributed by atoms with Crippen LogP contribution >= 0.6 is 28.1 Å². The van der Waals surface area contributed by atoms with Gasteiger partial charge in [0.05, 0.1) is 9.37 Å². The van der Waals surface area contributed by atoms with E-state index < -0.39 is 15.9 Å². The molecule has 2 aromatic rings. The average molecular weight is 541 g/mol. The van der Waals surface area contributed by atoms with E-state index in [2.05, 4.69) is 26.6 Å². The number of benzene rings is 2. The van der Waals surface area contributed by atoms with Crippen LogP contribution < -0.4 is 15.4 Å². The molecule has 10 heteroatoms. The molecule has 0 unspecified atom stereocenters. The van der Waals surface area contributed by atoms with Gasteiger partial charge in [0.1, 0.15) is 5.75 Å². The van der Waals surface area contributed by atoms with Crippen molar-refractivity contribution in [1.82, 2.24) is 9.62 Å². The number of hydrogen-bond acceptors (Lipinski definition) is 5. The fourth-order valence-electron chi connectivity index (χ4n) is 3.33. The van der Waals surface area contributed by atoms with Gasteiger partial charge in [0.15, 0.2) is 11.7 Å². The average Bonchev–Trinajstić information content (AvgIpc) is 3.03. The Labute approximate surface area is 202 Å². The highest BCUT2D eigenvalue weighted by Gasteiger charge is 2.24. The molecule has 1 fully saturated rings. The first-order valence-corrected chi connectivity index (χ1v) is 13.0. The van der Waals surface area contributed by atoms with E-state index in [1.54, 1.807) is 34.6 Å². The second-order valence-electron chi connectivity index (χ2n) is 7.57. The Bertz CT molecular complexity index is 1070. The molecule has 0 saturated carbocycles. The van der Waals surface area contributed by atoms with Crippen molar-refractivity contribution < 1.29 is 17.9 Å². The highest BCUT2D eigenvalue weighted by atomic mass is 79.9. The van der Waals surface area contributed by atoms with Crippen LogP contribution in [0.4, 0.5) is 5.69 Å². The van der Waals surface area contributed by atoms with Crippen molar-refractivity contribution in [2.24, 2.45) is 0 Å². The molecule has 7 nitrogen and oxygen atoms in total. The Morgan fingerprint density at radius 3 is 2.38 bits per heavy atom. The molecule has 0 aromatic heterocycles. The zero-order valence-corrected chi connectivity index (χ0v) is 21.0. The Kier molecular flexibility index (Phi) is 8.64. The van der Waals surface area contributed by atoms with Gasteiger partial charge in [-0.3, -0.25) is 10.1 Å². The molecule has 1 heterocycles. The van der Waals surface area contributed by atoms with Gasteiger partial charge in [-0.25, -0.2) is 8.42 Å². The maximum Gasteiger partial charge on any atom is 0.264 e. The number of anilines is 1. The highest BCUT2D eigenvalue weighted by molar-refractivity contribution is 9.10. The van der Waals surface area contributed by atoms with Crippen molar-refractivity contribution in [1.29, 1.82) is 0 Å². The molecule has 0 aliphatic carbocycles. The maximum atomic E-state index is 12.9. The van der Waals surface area contributed by atoms with Crippen molar-refractivity contribution in [2.75, 3.05) is 25.0 Å². The van der Waals surface area contributed by atoms with Crippen LogP contribution in [0.5, 0.6) is 5.75 Å². The van der Waals surface area contributed by atoms with Crippen LogP contribution in [0.25, 0.3) is 0 Å². The predicted octanol–water partition coefficient (Wildman–Crippen LogP) is 4.21. The standard InChI is InChI=1S/C22H26BrN3O4S2/c1-16-6-11-20(19(23)14-16)30-15-21(27)25-22(31)24-17-7-9-18(10-8-17)32(28,29)26-12-4-2-3-5-13-26/h6-11,14H,2-5,12-13,15H2,1H3,(H2,24,25,27,31). The minimum Gasteiger partial charge on any atom is -0.483 e. The molecular formula is C22H26BrN3O4S2. The zero-order valence-electron chi connectivity index (χ0n) is 17.8. The minimum absolute atomic E-state index is 0.102. The van der Waals surface area contributed by atoms with E-state index in [1.807, 2.05) is 19.1 Å². The number of thiocarbonyl (C=S) groups is 1. The second kappa shape index (κ2) is 11.2. The first-order chi connectivity index (χ1) is 15.3. The maximum absolute atomic E-state index is 12.9. The first kappa shape index (κ1) is 24.6. The molecule has 1 saturated heterocycles. The summed E-state index contributed by atoms with van der Waals surface area (Å²) < 4.78 is 33.5. The summed E-state index contributed by atoms with van der Waals surface area (Å²) in [7, 11) is -3.51. The van der Waals surface area contributed by atoms with E-state index in [0.717, 1.165) is 35.7 Å². The fourth-order valence-corrected chi connectivity index (χ4v) is 5.69. The first-order valence-electron chi connectivity index (χ1n) is 10.4. The number of ether oxygens (including phenoxy) is 1. The molecule has 32 heavy (non-hydrogen) atoms. The lowest BCUT2D eigenvalue weighted by molar-refractivity contribution is -0.121. The summed E-state index contributed by atoms with van der Waals surface area (Å²) >= 11 is 8.58. The summed E-state index contributed by atoms with van der Waals surface area (Å²) in [5, 5.41) is 5.53. The number of nitrogens with zero attached hydrogens (tertiary/aromatic N) is 1. The molecule has 0 spiro atoms. The summed E-state index contributed by atoms with van der Waals surface area (Å²) in [6.45, 7) is 2.87. The molecule has 3 rings (SSSR count). The summed E-state index contributed by atoms with van der Waals surface area (Å²) in [4.78, 5) is 12.4. The Hall–Kier alpha value is -2.01. The minimum atomic E-state index is -3.51. The summed E-state index contributed by atoms with van der Waals surface area (Å²) in [5.74, 6) is 0.154. The van der Waals surface area contributed by atoms with Crippen molar-refractivity contribution in [3.63, 3.8) is 0 Å². The Morgan fingerprint density at radius 2 is 1.75 bits per heavy atom. The molecule has 1 amide bonds. The smallest absolute Gasteiger partial charge is 0.264 e. The Morgan fingerprint density at radius 1 is 1.09 bits per heavy atom. The molecule has 2 aromatic carbocycles.